The molecule has 0 saturated heterocycles. The fourth-order valence-corrected chi connectivity index (χ4v) is 3.76. The van der Waals surface area contributed by atoms with Gasteiger partial charge in [-0.15, -0.1) is 0 Å². The topological polar surface area (TPSA) is 58.6 Å². The van der Waals surface area contributed by atoms with Crippen molar-refractivity contribution in [3.05, 3.63) is 94.8 Å². The number of rotatable bonds is 6. The van der Waals surface area contributed by atoms with Crippen LogP contribution < -0.4 is 15.0 Å². The van der Waals surface area contributed by atoms with Crippen LogP contribution in [0.2, 0.25) is 0 Å². The monoisotopic (exact) mass is 418 g/mol. The maximum absolute atomic E-state index is 13.1. The summed E-state index contributed by atoms with van der Waals surface area (Å²) >= 11 is 0. The third-order valence-electron chi connectivity index (χ3n) is 5.36. The second-order valence-electron chi connectivity index (χ2n) is 7.48. The molecule has 1 aliphatic heterocycles. The predicted molar refractivity (Wildman–Crippen MR) is 117 cm³/mol. The molecule has 2 amide bonds. The van der Waals surface area contributed by atoms with Gasteiger partial charge in [0.05, 0.1) is 13.5 Å². The van der Waals surface area contributed by atoms with Gasteiger partial charge in [0.25, 0.3) is 5.91 Å². The average molecular weight is 418 g/mol. The van der Waals surface area contributed by atoms with Crippen LogP contribution in [0.5, 0.6) is 5.75 Å². The highest BCUT2D eigenvalue weighted by Gasteiger charge is 2.25. The lowest BCUT2D eigenvalue weighted by Crippen LogP contribution is -2.28. The molecule has 31 heavy (non-hydrogen) atoms. The number of carbonyl (C=O) groups is 2. The summed E-state index contributed by atoms with van der Waals surface area (Å²) in [7, 11) is 1.60. The fourth-order valence-electron chi connectivity index (χ4n) is 3.76. The van der Waals surface area contributed by atoms with E-state index in [9.17, 15) is 14.0 Å². The van der Waals surface area contributed by atoms with Crippen molar-refractivity contribution in [1.82, 2.24) is 5.32 Å². The molecule has 0 spiro atoms. The van der Waals surface area contributed by atoms with Crippen molar-refractivity contribution < 1.29 is 18.7 Å². The largest absolute Gasteiger partial charge is 0.497 e. The number of methoxy groups -OCH3 is 1. The Bertz CT molecular complexity index is 1110. The molecule has 0 fully saturated rings. The molecule has 1 N–H and O–H groups in total. The van der Waals surface area contributed by atoms with Crippen molar-refractivity contribution in [2.45, 2.75) is 19.4 Å². The Kier molecular flexibility index (Phi) is 5.98. The van der Waals surface area contributed by atoms with Gasteiger partial charge in [-0.25, -0.2) is 4.39 Å². The zero-order valence-corrected chi connectivity index (χ0v) is 17.2. The Morgan fingerprint density at radius 3 is 2.61 bits per heavy atom. The van der Waals surface area contributed by atoms with E-state index in [1.54, 1.807) is 12.0 Å². The molecule has 0 aromatic heterocycles. The number of nitrogens with one attached hydrogen (secondary N) is 1. The zero-order chi connectivity index (χ0) is 21.8. The van der Waals surface area contributed by atoms with Crippen LogP contribution in [0.1, 0.15) is 27.0 Å². The first-order valence-corrected chi connectivity index (χ1v) is 10.1. The van der Waals surface area contributed by atoms with E-state index >= 15 is 0 Å². The number of hydrogen-bond acceptors (Lipinski definition) is 3. The minimum atomic E-state index is -0.364. The van der Waals surface area contributed by atoms with Crippen molar-refractivity contribution in [2.24, 2.45) is 0 Å². The first-order valence-electron chi connectivity index (χ1n) is 10.1. The van der Waals surface area contributed by atoms with Crippen LogP contribution in [0.4, 0.5) is 10.1 Å². The smallest absolute Gasteiger partial charge is 0.258 e. The SMILES string of the molecule is COc1cccc(CC(=O)NCc2ccc3c(c2)CCN3C(=O)c2ccc(F)cc2)c1. The maximum Gasteiger partial charge on any atom is 0.258 e. The molecule has 3 aromatic carbocycles. The van der Waals surface area contributed by atoms with Crippen molar-refractivity contribution in [2.75, 3.05) is 18.6 Å². The Morgan fingerprint density at radius 1 is 1.03 bits per heavy atom. The summed E-state index contributed by atoms with van der Waals surface area (Å²) in [6, 6.07) is 18.9. The third kappa shape index (κ3) is 4.74. The Hall–Kier alpha value is -3.67. The summed E-state index contributed by atoms with van der Waals surface area (Å²) in [5.41, 5.74) is 4.26. The van der Waals surface area contributed by atoms with E-state index in [4.69, 9.17) is 4.74 Å². The number of fused-ring (bicyclic) bond motifs is 1. The highest BCUT2D eigenvalue weighted by Crippen LogP contribution is 2.30. The van der Waals surface area contributed by atoms with Gasteiger partial charge in [0.1, 0.15) is 11.6 Å². The molecule has 0 unspecified atom stereocenters. The summed E-state index contributed by atoms with van der Waals surface area (Å²) in [6.07, 6.45) is 1.02. The van der Waals surface area contributed by atoms with E-state index in [1.807, 2.05) is 42.5 Å². The van der Waals surface area contributed by atoms with Gasteiger partial charge < -0.3 is 15.0 Å². The molecule has 4 rings (SSSR count). The lowest BCUT2D eigenvalue weighted by atomic mass is 10.1. The number of hydrogen-bond donors (Lipinski definition) is 1. The van der Waals surface area contributed by atoms with Crippen LogP contribution in [0.3, 0.4) is 0 Å². The Morgan fingerprint density at radius 2 is 1.84 bits per heavy atom. The average Bonchev–Trinajstić information content (AvgIpc) is 3.21. The first-order chi connectivity index (χ1) is 15.0. The lowest BCUT2D eigenvalue weighted by molar-refractivity contribution is -0.120. The van der Waals surface area contributed by atoms with Crippen LogP contribution in [0.15, 0.2) is 66.7 Å². The van der Waals surface area contributed by atoms with Crippen LogP contribution in [0, 0.1) is 5.82 Å². The molecule has 0 bridgehead atoms. The zero-order valence-electron chi connectivity index (χ0n) is 17.2. The van der Waals surface area contributed by atoms with Crippen molar-refractivity contribution in [1.29, 1.82) is 0 Å². The third-order valence-corrected chi connectivity index (χ3v) is 5.36. The van der Waals surface area contributed by atoms with Crippen molar-refractivity contribution in [3.63, 3.8) is 0 Å². The number of amides is 2. The number of halogens is 1. The van der Waals surface area contributed by atoms with E-state index in [2.05, 4.69) is 5.32 Å². The second kappa shape index (κ2) is 9.00. The molecule has 1 heterocycles. The maximum atomic E-state index is 13.1. The highest BCUT2D eigenvalue weighted by molar-refractivity contribution is 6.07. The van der Waals surface area contributed by atoms with E-state index in [-0.39, 0.29) is 24.1 Å². The van der Waals surface area contributed by atoms with Gasteiger partial charge in [-0.3, -0.25) is 9.59 Å². The van der Waals surface area contributed by atoms with Crippen LogP contribution in [0.25, 0.3) is 0 Å². The molecule has 0 saturated carbocycles. The molecule has 0 radical (unpaired) electrons. The Labute approximate surface area is 180 Å². The van der Waals surface area contributed by atoms with Gasteiger partial charge in [-0.05, 0) is 65.6 Å². The summed E-state index contributed by atoms with van der Waals surface area (Å²) in [6.45, 7) is 0.999. The van der Waals surface area contributed by atoms with E-state index in [1.165, 1.54) is 24.3 Å². The van der Waals surface area contributed by atoms with Crippen molar-refractivity contribution in [3.8, 4) is 5.75 Å². The number of anilines is 1. The molecular weight excluding hydrogens is 395 g/mol. The fraction of sp³-hybridized carbons (Fsp3) is 0.200. The summed E-state index contributed by atoms with van der Waals surface area (Å²) < 4.78 is 18.3. The molecule has 6 heteroatoms. The minimum Gasteiger partial charge on any atom is -0.497 e. The van der Waals surface area contributed by atoms with Gasteiger partial charge >= 0.3 is 0 Å². The number of ether oxygens (including phenoxy) is 1. The highest BCUT2D eigenvalue weighted by atomic mass is 19.1. The summed E-state index contributed by atoms with van der Waals surface area (Å²) in [5.74, 6) is 0.153. The predicted octanol–water partition coefficient (Wildman–Crippen LogP) is 3.90. The van der Waals surface area contributed by atoms with Gasteiger partial charge in [0.15, 0.2) is 0 Å². The molecule has 158 valence electrons. The van der Waals surface area contributed by atoms with Gasteiger partial charge in [0.2, 0.25) is 5.91 Å². The van der Waals surface area contributed by atoms with Crippen LogP contribution in [-0.4, -0.2) is 25.5 Å². The molecule has 1 aliphatic rings. The quantitative estimate of drug-likeness (QED) is 0.661. The molecule has 5 nitrogen and oxygen atoms in total. The summed E-state index contributed by atoms with van der Waals surface area (Å²) in [4.78, 5) is 26.8. The van der Waals surface area contributed by atoms with Crippen molar-refractivity contribution >= 4 is 17.5 Å². The number of carbonyl (C=O) groups excluding carboxylic acids is 2. The van der Waals surface area contributed by atoms with Crippen LogP contribution >= 0.6 is 0 Å². The number of nitrogens with zero attached hydrogens (tertiary/aromatic N) is 1. The molecular formula is C25H23FN2O3. The molecule has 3 aromatic rings. The van der Waals surface area contributed by atoms with E-state index in [0.717, 1.165) is 34.5 Å². The van der Waals surface area contributed by atoms with Gasteiger partial charge in [-0.1, -0.05) is 24.3 Å². The molecule has 0 aliphatic carbocycles. The lowest BCUT2D eigenvalue weighted by Gasteiger charge is -2.18. The first kappa shape index (κ1) is 20.6. The molecule has 0 atom stereocenters. The standard InChI is InChI=1S/C25H23FN2O3/c1-31-22-4-2-3-17(14-22)15-24(29)27-16-18-5-10-23-20(13-18)11-12-28(23)25(30)19-6-8-21(26)9-7-19/h2-10,13-14H,11-12,15-16H2,1H3,(H,27,29). The normalized spacial score (nSPS) is 12.4. The van der Waals surface area contributed by atoms with E-state index in [0.29, 0.717) is 18.7 Å². The van der Waals surface area contributed by atoms with Gasteiger partial charge in [-0.2, -0.15) is 0 Å². The van der Waals surface area contributed by atoms with Gasteiger partial charge in [0, 0.05) is 24.3 Å². The minimum absolute atomic E-state index is 0.0677. The Balaban J connectivity index is 1.38. The summed E-state index contributed by atoms with van der Waals surface area (Å²) in [5, 5.41) is 2.95. The van der Waals surface area contributed by atoms with Crippen LogP contribution in [-0.2, 0) is 24.2 Å². The second-order valence-corrected chi connectivity index (χ2v) is 7.48. The number of benzene rings is 3. The van der Waals surface area contributed by atoms with E-state index < -0.39 is 0 Å².